The second kappa shape index (κ2) is 13.7. The number of benzene rings is 2. The molecule has 9 nitrogen and oxygen atoms in total. The molecule has 2 amide bonds. The van der Waals surface area contributed by atoms with Gasteiger partial charge in [-0.2, -0.15) is 0 Å². The fourth-order valence-corrected chi connectivity index (χ4v) is 4.67. The van der Waals surface area contributed by atoms with Crippen LogP contribution in [0.2, 0.25) is 5.02 Å². The van der Waals surface area contributed by atoms with E-state index in [9.17, 15) is 22.8 Å². The van der Waals surface area contributed by atoms with E-state index in [4.69, 9.17) is 21.1 Å². The summed E-state index contributed by atoms with van der Waals surface area (Å²) in [5.74, 6) is -4.22. The molecule has 0 aliphatic heterocycles. The summed E-state index contributed by atoms with van der Waals surface area (Å²) in [6, 6.07) is 11.9. The lowest BCUT2D eigenvalue weighted by Gasteiger charge is -2.38. The van der Waals surface area contributed by atoms with Gasteiger partial charge in [0.15, 0.2) is 0 Å². The second-order valence-electron chi connectivity index (χ2n) is 9.41. The van der Waals surface area contributed by atoms with Gasteiger partial charge in [0.05, 0.1) is 13.2 Å². The van der Waals surface area contributed by atoms with Crippen molar-refractivity contribution in [1.82, 2.24) is 15.3 Å². The van der Waals surface area contributed by atoms with Crippen LogP contribution >= 0.6 is 11.6 Å². The van der Waals surface area contributed by atoms with Gasteiger partial charge in [0, 0.05) is 54.7 Å². The predicted molar refractivity (Wildman–Crippen MR) is 146 cm³/mol. The van der Waals surface area contributed by atoms with Gasteiger partial charge >= 0.3 is 0 Å². The summed E-state index contributed by atoms with van der Waals surface area (Å²) in [5, 5.41) is 2.93. The van der Waals surface area contributed by atoms with Gasteiger partial charge in [-0.25, -0.2) is 23.1 Å². The van der Waals surface area contributed by atoms with Crippen molar-refractivity contribution in [3.05, 3.63) is 83.4 Å². The van der Waals surface area contributed by atoms with Crippen LogP contribution in [-0.2, 0) is 19.1 Å². The molecule has 1 unspecified atom stereocenters. The molecule has 0 spiro atoms. The van der Waals surface area contributed by atoms with Crippen molar-refractivity contribution < 1.29 is 32.2 Å². The molecule has 1 saturated carbocycles. The number of rotatable bonds is 13. The Morgan fingerprint density at radius 2 is 1.85 bits per heavy atom. The van der Waals surface area contributed by atoms with Crippen molar-refractivity contribution in [3.8, 4) is 0 Å². The molecule has 1 atom stereocenters. The third-order valence-electron chi connectivity index (χ3n) is 6.39. The lowest BCUT2D eigenvalue weighted by Crippen LogP contribution is -2.53. The first-order chi connectivity index (χ1) is 19.7. The fraction of sp³-hybridized carbons (Fsp3) is 0.357. The van der Waals surface area contributed by atoms with Gasteiger partial charge in [0.1, 0.15) is 25.2 Å². The van der Waals surface area contributed by atoms with E-state index in [-0.39, 0.29) is 37.5 Å². The molecule has 13 heteroatoms. The molecule has 4 rings (SSSR count). The molecule has 1 aromatic heterocycles. The molecule has 0 bridgehead atoms. The number of carbonyl (C=O) groups is 2. The predicted octanol–water partition coefficient (Wildman–Crippen LogP) is 4.38. The van der Waals surface area contributed by atoms with E-state index >= 15 is 0 Å². The number of hydrogen-bond donors (Lipinski definition) is 1. The number of alkyl halides is 2. The number of carbonyl (C=O) groups excluding carboxylic acids is 2. The Labute approximate surface area is 240 Å². The first kappa shape index (κ1) is 30.2. The van der Waals surface area contributed by atoms with Crippen LogP contribution < -0.4 is 15.1 Å². The Morgan fingerprint density at radius 3 is 2.51 bits per heavy atom. The molecular formula is C28H29ClF3N5O4. The molecule has 1 N–H and O–H groups in total. The maximum atomic E-state index is 14.3. The van der Waals surface area contributed by atoms with Crippen LogP contribution in [-0.4, -0.2) is 67.3 Å². The molecule has 0 radical (unpaired) electrons. The highest BCUT2D eigenvalue weighted by atomic mass is 35.5. The maximum Gasteiger partial charge on any atom is 0.255 e. The smallest absolute Gasteiger partial charge is 0.255 e. The van der Waals surface area contributed by atoms with Crippen molar-refractivity contribution >= 4 is 35.1 Å². The average molecular weight is 592 g/mol. The summed E-state index contributed by atoms with van der Waals surface area (Å²) < 4.78 is 52.2. The Kier molecular flexibility index (Phi) is 10.1. The number of halogens is 4. The zero-order chi connectivity index (χ0) is 29.4. The van der Waals surface area contributed by atoms with Crippen LogP contribution in [0.4, 0.5) is 24.8 Å². The van der Waals surface area contributed by atoms with Crippen LogP contribution in [0.1, 0.15) is 24.4 Å². The van der Waals surface area contributed by atoms with Crippen LogP contribution in [0.3, 0.4) is 0 Å². The molecule has 1 heterocycles. The third kappa shape index (κ3) is 7.93. The van der Waals surface area contributed by atoms with Crippen molar-refractivity contribution in [2.45, 2.75) is 30.8 Å². The summed E-state index contributed by atoms with van der Waals surface area (Å²) in [6.45, 7) is -0.424. The quantitative estimate of drug-likeness (QED) is 0.233. The Bertz CT molecular complexity index is 1330. The lowest BCUT2D eigenvalue weighted by atomic mass is 9.87. The van der Waals surface area contributed by atoms with Crippen LogP contribution in [0.15, 0.2) is 67.0 Å². The normalized spacial score (nSPS) is 15.0. The van der Waals surface area contributed by atoms with Crippen molar-refractivity contribution in [3.63, 3.8) is 0 Å². The molecule has 2 aromatic carbocycles. The van der Waals surface area contributed by atoms with Gasteiger partial charge in [-0.3, -0.25) is 14.5 Å². The van der Waals surface area contributed by atoms with Crippen molar-refractivity contribution in [1.29, 1.82) is 0 Å². The number of nitrogens with one attached hydrogen (secondary N) is 1. The van der Waals surface area contributed by atoms with Gasteiger partial charge < -0.3 is 19.7 Å². The molecule has 1 aliphatic rings. The average Bonchev–Trinajstić information content (AvgIpc) is 2.92. The van der Waals surface area contributed by atoms with Gasteiger partial charge in [-0.15, -0.1) is 0 Å². The molecule has 1 fully saturated rings. The fourth-order valence-electron chi connectivity index (χ4n) is 4.43. The van der Waals surface area contributed by atoms with E-state index in [1.165, 1.54) is 47.5 Å². The molecule has 41 heavy (non-hydrogen) atoms. The minimum Gasteiger partial charge on any atom is -0.375 e. The van der Waals surface area contributed by atoms with Gasteiger partial charge in [-0.05, 0) is 30.3 Å². The number of methoxy groups -OCH3 is 1. The Balaban J connectivity index is 1.58. The summed E-state index contributed by atoms with van der Waals surface area (Å²) >= 11 is 6.48. The van der Waals surface area contributed by atoms with E-state index < -0.39 is 48.5 Å². The Morgan fingerprint density at radius 1 is 1.12 bits per heavy atom. The zero-order valence-electron chi connectivity index (χ0n) is 22.2. The van der Waals surface area contributed by atoms with E-state index in [1.807, 2.05) is 0 Å². The highest BCUT2D eigenvalue weighted by Crippen LogP contribution is 2.38. The van der Waals surface area contributed by atoms with Crippen LogP contribution in [0.25, 0.3) is 0 Å². The first-order valence-corrected chi connectivity index (χ1v) is 13.2. The van der Waals surface area contributed by atoms with E-state index in [0.717, 1.165) is 0 Å². The third-order valence-corrected chi connectivity index (χ3v) is 6.73. The summed E-state index contributed by atoms with van der Waals surface area (Å²) in [4.78, 5) is 37.2. The number of aromatic nitrogens is 2. The molecule has 3 aromatic rings. The SMILES string of the molecule is COCC(=O)N(CCOCN(c1cccc(F)c1)C(C(=O)NC1CC(F)(F)C1)c1ccccc1Cl)c1ncccn1. The van der Waals surface area contributed by atoms with Crippen LogP contribution in [0, 0.1) is 5.82 Å². The Hall–Kier alpha value is -3.74. The molecule has 218 valence electrons. The van der Waals surface area contributed by atoms with Crippen molar-refractivity contribution in [2.24, 2.45) is 0 Å². The number of hydrogen-bond acceptors (Lipinski definition) is 7. The van der Waals surface area contributed by atoms with Crippen LogP contribution in [0.5, 0.6) is 0 Å². The van der Waals surface area contributed by atoms with Gasteiger partial charge in [0.2, 0.25) is 11.9 Å². The van der Waals surface area contributed by atoms with E-state index in [0.29, 0.717) is 11.3 Å². The summed E-state index contributed by atoms with van der Waals surface area (Å²) in [7, 11) is 1.39. The molecule has 1 aliphatic carbocycles. The zero-order valence-corrected chi connectivity index (χ0v) is 22.9. The van der Waals surface area contributed by atoms with E-state index in [2.05, 4.69) is 15.3 Å². The minimum absolute atomic E-state index is 0.0226. The number of ether oxygens (including phenoxy) is 2. The summed E-state index contributed by atoms with van der Waals surface area (Å²) in [5.41, 5.74) is 0.669. The highest BCUT2D eigenvalue weighted by Gasteiger charge is 2.47. The highest BCUT2D eigenvalue weighted by molar-refractivity contribution is 6.31. The minimum atomic E-state index is -2.84. The summed E-state index contributed by atoms with van der Waals surface area (Å²) in [6.07, 6.45) is 2.04. The first-order valence-electron chi connectivity index (χ1n) is 12.8. The van der Waals surface area contributed by atoms with Crippen molar-refractivity contribution in [2.75, 3.05) is 43.4 Å². The number of anilines is 2. The second-order valence-corrected chi connectivity index (χ2v) is 9.82. The molecule has 0 saturated heterocycles. The number of nitrogens with zero attached hydrogens (tertiary/aromatic N) is 4. The topological polar surface area (TPSA) is 96.9 Å². The standard InChI is InChI=1S/C28H29ClF3N5O4/c1-40-17-24(38)36(27-33-10-5-11-34-27)12-13-41-18-37(21-7-4-6-19(30)14-21)25(22-8-2-3-9-23(22)29)26(39)35-20-15-28(31,32)16-20/h2-11,14,20,25H,12-13,15-18H2,1H3,(H,35,39). The van der Waals surface area contributed by atoms with Gasteiger partial charge in [0.25, 0.3) is 11.8 Å². The van der Waals surface area contributed by atoms with Gasteiger partial charge in [-0.1, -0.05) is 35.9 Å². The lowest BCUT2D eigenvalue weighted by molar-refractivity contribution is -0.130. The molecular weight excluding hydrogens is 563 g/mol. The monoisotopic (exact) mass is 591 g/mol. The number of amides is 2. The largest absolute Gasteiger partial charge is 0.375 e. The van der Waals surface area contributed by atoms with E-state index in [1.54, 1.807) is 36.4 Å². The maximum absolute atomic E-state index is 14.3.